The van der Waals surface area contributed by atoms with E-state index in [1.165, 1.54) is 11.1 Å². The largest absolute Gasteiger partial charge is 0.350 e. The molecule has 0 spiro atoms. The fourth-order valence-electron chi connectivity index (χ4n) is 2.51. The van der Waals surface area contributed by atoms with Crippen LogP contribution in [0.15, 0.2) is 30.6 Å². The second-order valence-electron chi connectivity index (χ2n) is 5.44. The lowest BCUT2D eigenvalue weighted by Gasteiger charge is -2.15. The third-order valence-corrected chi connectivity index (χ3v) is 3.76. The van der Waals surface area contributed by atoms with E-state index in [1.54, 1.807) is 12.1 Å². The third kappa shape index (κ3) is 3.91. The molecule has 0 saturated carbocycles. The van der Waals surface area contributed by atoms with Crippen molar-refractivity contribution in [1.29, 1.82) is 0 Å². The summed E-state index contributed by atoms with van der Waals surface area (Å²) in [5, 5.41) is 13.7. The third-order valence-electron chi connectivity index (χ3n) is 3.76. The molecule has 1 aliphatic rings. The van der Waals surface area contributed by atoms with Gasteiger partial charge in [-0.1, -0.05) is 12.1 Å². The Morgan fingerprint density at radius 1 is 1.13 bits per heavy atom. The lowest BCUT2D eigenvalue weighted by molar-refractivity contribution is -0.122. The van der Waals surface area contributed by atoms with Gasteiger partial charge in [-0.15, -0.1) is 10.2 Å². The Labute approximate surface area is 133 Å². The van der Waals surface area contributed by atoms with Gasteiger partial charge in [0.25, 0.3) is 5.91 Å². The van der Waals surface area contributed by atoms with Crippen LogP contribution in [0.4, 0.5) is 0 Å². The topological polar surface area (TPSA) is 93.0 Å². The number of nitrogens with one attached hydrogen (secondary N) is 1. The van der Waals surface area contributed by atoms with Crippen LogP contribution in [0, 0.1) is 0 Å². The first-order valence-corrected chi connectivity index (χ1v) is 7.58. The van der Waals surface area contributed by atoms with Gasteiger partial charge in [-0.3, -0.25) is 9.59 Å². The number of hydrogen-bond acceptors (Lipinski definition) is 5. The molecule has 1 fully saturated rings. The first kappa shape index (κ1) is 15.1. The Morgan fingerprint density at radius 2 is 1.87 bits per heavy atom. The molecule has 8 nitrogen and oxygen atoms in total. The molecule has 1 saturated heterocycles. The van der Waals surface area contributed by atoms with E-state index in [4.69, 9.17) is 0 Å². The molecule has 0 atom stereocenters. The molecule has 2 amide bonds. The number of hydrogen-bond donors (Lipinski definition) is 1. The smallest absolute Gasteiger partial charge is 0.253 e. The van der Waals surface area contributed by atoms with E-state index in [1.807, 2.05) is 17.0 Å². The van der Waals surface area contributed by atoms with Crippen LogP contribution in [-0.2, 0) is 17.9 Å². The zero-order valence-corrected chi connectivity index (χ0v) is 12.7. The summed E-state index contributed by atoms with van der Waals surface area (Å²) in [6, 6.07) is 7.33. The van der Waals surface area contributed by atoms with Crippen molar-refractivity contribution < 1.29 is 9.59 Å². The van der Waals surface area contributed by atoms with Gasteiger partial charge in [0.15, 0.2) is 6.33 Å². The van der Waals surface area contributed by atoms with E-state index in [0.717, 1.165) is 31.5 Å². The molecule has 0 aliphatic carbocycles. The minimum Gasteiger partial charge on any atom is -0.350 e. The number of amides is 2. The number of rotatable bonds is 5. The van der Waals surface area contributed by atoms with E-state index in [-0.39, 0.29) is 18.4 Å². The van der Waals surface area contributed by atoms with Crippen LogP contribution in [0.2, 0.25) is 0 Å². The maximum Gasteiger partial charge on any atom is 0.253 e. The number of likely N-dealkylation sites (tertiary alicyclic amines) is 1. The van der Waals surface area contributed by atoms with Crippen LogP contribution in [-0.4, -0.2) is 50.0 Å². The van der Waals surface area contributed by atoms with Gasteiger partial charge in [0.1, 0.15) is 6.54 Å². The van der Waals surface area contributed by atoms with E-state index >= 15 is 0 Å². The molecule has 3 rings (SSSR count). The molecule has 0 bridgehead atoms. The highest BCUT2D eigenvalue weighted by molar-refractivity contribution is 5.94. The maximum atomic E-state index is 12.2. The molecule has 1 aromatic carbocycles. The van der Waals surface area contributed by atoms with Crippen LogP contribution < -0.4 is 5.32 Å². The van der Waals surface area contributed by atoms with Crippen molar-refractivity contribution in [2.45, 2.75) is 25.9 Å². The zero-order valence-electron chi connectivity index (χ0n) is 12.7. The van der Waals surface area contributed by atoms with Gasteiger partial charge in [-0.2, -0.15) is 4.80 Å². The second-order valence-corrected chi connectivity index (χ2v) is 5.44. The van der Waals surface area contributed by atoms with Crippen molar-refractivity contribution in [2.24, 2.45) is 0 Å². The molecule has 1 aromatic heterocycles. The Kier molecular flexibility index (Phi) is 4.60. The summed E-state index contributed by atoms with van der Waals surface area (Å²) in [7, 11) is 0. The Morgan fingerprint density at radius 3 is 2.52 bits per heavy atom. The molecule has 2 aromatic rings. The van der Waals surface area contributed by atoms with Gasteiger partial charge in [0.2, 0.25) is 5.91 Å². The summed E-state index contributed by atoms with van der Waals surface area (Å²) >= 11 is 0. The predicted molar refractivity (Wildman–Crippen MR) is 81.2 cm³/mol. The summed E-state index contributed by atoms with van der Waals surface area (Å²) in [5.74, 6) is -0.115. The highest BCUT2D eigenvalue weighted by atomic mass is 16.2. The number of benzene rings is 1. The monoisotopic (exact) mass is 314 g/mol. The fraction of sp³-hybridized carbons (Fsp3) is 0.400. The van der Waals surface area contributed by atoms with Gasteiger partial charge in [-0.25, -0.2) is 0 Å². The van der Waals surface area contributed by atoms with Crippen molar-refractivity contribution in [2.75, 3.05) is 13.1 Å². The molecular formula is C15H18N6O2. The van der Waals surface area contributed by atoms with Crippen molar-refractivity contribution >= 4 is 11.8 Å². The van der Waals surface area contributed by atoms with Crippen molar-refractivity contribution in [1.82, 2.24) is 30.4 Å². The molecule has 23 heavy (non-hydrogen) atoms. The number of carbonyl (C=O) groups excluding carboxylic acids is 2. The van der Waals surface area contributed by atoms with E-state index in [2.05, 4.69) is 20.7 Å². The molecule has 2 heterocycles. The highest BCUT2D eigenvalue weighted by Crippen LogP contribution is 2.13. The molecule has 0 radical (unpaired) electrons. The highest BCUT2D eigenvalue weighted by Gasteiger charge is 2.19. The first-order valence-electron chi connectivity index (χ1n) is 7.58. The average molecular weight is 314 g/mol. The fourth-order valence-corrected chi connectivity index (χ4v) is 2.51. The van der Waals surface area contributed by atoms with Crippen molar-refractivity contribution in [3.05, 3.63) is 41.7 Å². The van der Waals surface area contributed by atoms with Crippen molar-refractivity contribution in [3.8, 4) is 0 Å². The van der Waals surface area contributed by atoms with E-state index in [9.17, 15) is 9.59 Å². The summed E-state index contributed by atoms with van der Waals surface area (Å²) < 4.78 is 0. The average Bonchev–Trinajstić information content (AvgIpc) is 3.26. The molecule has 1 N–H and O–H groups in total. The van der Waals surface area contributed by atoms with Crippen LogP contribution in [0.25, 0.3) is 0 Å². The lowest BCUT2D eigenvalue weighted by atomic mass is 10.1. The summed E-state index contributed by atoms with van der Waals surface area (Å²) in [4.78, 5) is 27.1. The Balaban J connectivity index is 1.51. The SMILES string of the molecule is O=C(Cn1ncnn1)NCc1ccc(C(=O)N2CCCC2)cc1. The van der Waals surface area contributed by atoms with Crippen LogP contribution in [0.1, 0.15) is 28.8 Å². The van der Waals surface area contributed by atoms with Crippen LogP contribution >= 0.6 is 0 Å². The minimum atomic E-state index is -0.194. The second kappa shape index (κ2) is 6.99. The van der Waals surface area contributed by atoms with Gasteiger partial charge in [0, 0.05) is 25.2 Å². The van der Waals surface area contributed by atoms with Gasteiger partial charge >= 0.3 is 0 Å². The predicted octanol–water partition coefficient (Wildman–Crippen LogP) is 0.226. The number of nitrogens with zero attached hydrogens (tertiary/aromatic N) is 5. The van der Waals surface area contributed by atoms with Crippen LogP contribution in [0.3, 0.4) is 0 Å². The molecule has 8 heteroatoms. The number of aromatic nitrogens is 4. The molecule has 120 valence electrons. The first-order chi connectivity index (χ1) is 11.2. The standard InChI is InChI=1S/C15H18N6O2/c22-14(10-21-18-11-17-19-21)16-9-12-3-5-13(6-4-12)15(23)20-7-1-2-8-20/h3-6,11H,1-2,7-10H2,(H,16,22). The molecule has 1 aliphatic heterocycles. The number of carbonyl (C=O) groups is 2. The normalized spacial score (nSPS) is 14.0. The zero-order chi connectivity index (χ0) is 16.1. The summed E-state index contributed by atoms with van der Waals surface area (Å²) in [5.41, 5.74) is 1.62. The van der Waals surface area contributed by atoms with E-state index < -0.39 is 0 Å². The van der Waals surface area contributed by atoms with Gasteiger partial charge < -0.3 is 10.2 Å². The van der Waals surface area contributed by atoms with Crippen molar-refractivity contribution in [3.63, 3.8) is 0 Å². The van der Waals surface area contributed by atoms with E-state index in [0.29, 0.717) is 12.1 Å². The Bertz CT molecular complexity index is 662. The summed E-state index contributed by atoms with van der Waals surface area (Å²) in [6.45, 7) is 2.11. The maximum absolute atomic E-state index is 12.2. The molecule has 0 unspecified atom stereocenters. The molecular weight excluding hydrogens is 296 g/mol. The quantitative estimate of drug-likeness (QED) is 0.852. The van der Waals surface area contributed by atoms with Gasteiger partial charge in [0.05, 0.1) is 0 Å². The summed E-state index contributed by atoms with van der Waals surface area (Å²) in [6.07, 6.45) is 3.44. The minimum absolute atomic E-state index is 0.0333. The van der Waals surface area contributed by atoms with Crippen LogP contribution in [0.5, 0.6) is 0 Å². The Hall–Kier alpha value is -2.77. The van der Waals surface area contributed by atoms with Gasteiger partial charge in [-0.05, 0) is 35.8 Å². The number of tetrazole rings is 1. The lowest BCUT2D eigenvalue weighted by Crippen LogP contribution is -2.28.